The van der Waals surface area contributed by atoms with Crippen molar-refractivity contribution in [3.8, 4) is 11.6 Å². The van der Waals surface area contributed by atoms with Crippen molar-refractivity contribution in [1.29, 1.82) is 0 Å². The summed E-state index contributed by atoms with van der Waals surface area (Å²) in [6.45, 7) is 0. The lowest BCUT2D eigenvalue weighted by atomic mass is 10.3. The van der Waals surface area contributed by atoms with Crippen LogP contribution in [0.25, 0.3) is 0 Å². The number of aromatic nitrogens is 1. The van der Waals surface area contributed by atoms with Gasteiger partial charge in [0, 0.05) is 19.2 Å². The Balaban J connectivity index is 2.40. The van der Waals surface area contributed by atoms with Crippen LogP contribution < -0.4 is 10.1 Å². The Hall–Kier alpha value is -2.41. The van der Waals surface area contributed by atoms with Gasteiger partial charge in [-0.3, -0.25) is 10.1 Å². The number of nitrogens with one attached hydrogen (secondary N) is 1. The molecule has 0 aliphatic heterocycles. The zero-order valence-corrected chi connectivity index (χ0v) is 11.0. The number of benzene rings is 1. The van der Waals surface area contributed by atoms with Gasteiger partial charge in [-0.15, -0.1) is 0 Å². The molecule has 1 N–H and O–H groups in total. The predicted molar refractivity (Wildman–Crippen MR) is 71.9 cm³/mol. The number of ether oxygens (including phenoxy) is 1. The van der Waals surface area contributed by atoms with Gasteiger partial charge in [0.05, 0.1) is 9.95 Å². The minimum atomic E-state index is -0.684. The van der Waals surface area contributed by atoms with Gasteiger partial charge in [-0.25, -0.2) is 4.39 Å². The van der Waals surface area contributed by atoms with Crippen LogP contribution >= 0.6 is 11.6 Å². The highest BCUT2D eigenvalue weighted by atomic mass is 35.5. The third kappa shape index (κ3) is 2.94. The Morgan fingerprint density at radius 3 is 2.75 bits per heavy atom. The van der Waals surface area contributed by atoms with E-state index in [1.807, 2.05) is 0 Å². The fourth-order valence-corrected chi connectivity index (χ4v) is 1.56. The highest BCUT2D eigenvalue weighted by molar-refractivity contribution is 6.30. The van der Waals surface area contributed by atoms with Crippen molar-refractivity contribution >= 4 is 23.1 Å². The number of hydrogen-bond acceptors (Lipinski definition) is 5. The Bertz CT molecular complexity index is 666. The minimum absolute atomic E-state index is 0.0655. The SMILES string of the molecule is CNc1ccc([N+](=O)[O-])c(Oc2ccc(Cl)c(F)c2)n1. The second-order valence-electron chi connectivity index (χ2n) is 3.71. The Kier molecular flexibility index (Phi) is 3.99. The van der Waals surface area contributed by atoms with Crippen LogP contribution in [0.4, 0.5) is 15.9 Å². The molecule has 1 aromatic carbocycles. The van der Waals surface area contributed by atoms with Gasteiger partial charge in [0.1, 0.15) is 17.4 Å². The van der Waals surface area contributed by atoms with Gasteiger partial charge in [0.2, 0.25) is 0 Å². The molecule has 0 saturated heterocycles. The number of halogens is 2. The van der Waals surface area contributed by atoms with E-state index in [4.69, 9.17) is 16.3 Å². The average molecular weight is 298 g/mol. The summed E-state index contributed by atoms with van der Waals surface area (Å²) in [5, 5.41) is 13.6. The van der Waals surface area contributed by atoms with Crippen molar-refractivity contribution in [1.82, 2.24) is 4.98 Å². The molecule has 2 rings (SSSR count). The molecule has 0 spiro atoms. The first-order chi connectivity index (χ1) is 9.51. The fraction of sp³-hybridized carbons (Fsp3) is 0.0833. The number of nitro groups is 1. The maximum atomic E-state index is 13.3. The normalized spacial score (nSPS) is 10.2. The Labute approximate surface area is 118 Å². The van der Waals surface area contributed by atoms with Crippen LogP contribution in [-0.4, -0.2) is 17.0 Å². The molecule has 0 atom stereocenters. The lowest BCUT2D eigenvalue weighted by Crippen LogP contribution is -1.99. The van der Waals surface area contributed by atoms with Crippen LogP contribution in [-0.2, 0) is 0 Å². The van der Waals surface area contributed by atoms with Crippen LogP contribution in [0.5, 0.6) is 11.6 Å². The van der Waals surface area contributed by atoms with Crippen LogP contribution in [0.2, 0.25) is 5.02 Å². The number of rotatable bonds is 4. The maximum absolute atomic E-state index is 13.3. The molecule has 1 heterocycles. The van der Waals surface area contributed by atoms with Crippen molar-refractivity contribution in [2.45, 2.75) is 0 Å². The smallest absolute Gasteiger partial charge is 0.331 e. The molecule has 1 aromatic heterocycles. The van der Waals surface area contributed by atoms with E-state index in [1.165, 1.54) is 24.3 Å². The van der Waals surface area contributed by atoms with Gasteiger partial charge in [-0.1, -0.05) is 11.6 Å². The molecule has 8 heteroatoms. The summed E-state index contributed by atoms with van der Waals surface area (Å²) in [6, 6.07) is 6.40. The zero-order chi connectivity index (χ0) is 14.7. The van der Waals surface area contributed by atoms with Gasteiger partial charge < -0.3 is 10.1 Å². The summed E-state index contributed by atoms with van der Waals surface area (Å²) in [5.41, 5.74) is -0.320. The average Bonchev–Trinajstić information content (AvgIpc) is 2.42. The van der Waals surface area contributed by atoms with Gasteiger partial charge in [-0.05, 0) is 18.2 Å². The van der Waals surface area contributed by atoms with Gasteiger partial charge >= 0.3 is 11.6 Å². The molecule has 20 heavy (non-hydrogen) atoms. The van der Waals surface area contributed by atoms with Crippen LogP contribution in [0, 0.1) is 15.9 Å². The third-order valence-corrected chi connectivity index (χ3v) is 2.71. The van der Waals surface area contributed by atoms with Crippen LogP contribution in [0.3, 0.4) is 0 Å². The predicted octanol–water partition coefficient (Wildman–Crippen LogP) is 3.62. The van der Waals surface area contributed by atoms with Crippen LogP contribution in [0.1, 0.15) is 0 Å². The number of pyridine rings is 1. The zero-order valence-electron chi connectivity index (χ0n) is 10.3. The molecule has 104 valence electrons. The van der Waals surface area contributed by atoms with E-state index in [-0.39, 0.29) is 22.3 Å². The summed E-state index contributed by atoms with van der Waals surface area (Å²) in [5.74, 6) is -0.462. The standard InChI is InChI=1S/C12H9ClFN3O3/c1-15-11-5-4-10(17(18)19)12(16-11)20-7-2-3-8(13)9(14)6-7/h2-6H,1H3,(H,15,16). The molecule has 0 aliphatic rings. The molecular formula is C12H9ClFN3O3. The topological polar surface area (TPSA) is 77.3 Å². The van der Waals surface area contributed by atoms with Crippen molar-refractivity contribution in [3.05, 3.63) is 51.3 Å². The molecule has 0 amide bonds. The fourth-order valence-electron chi connectivity index (χ4n) is 1.44. The minimum Gasteiger partial charge on any atom is -0.434 e. The maximum Gasteiger partial charge on any atom is 0.331 e. The summed E-state index contributed by atoms with van der Waals surface area (Å²) in [6.07, 6.45) is 0. The molecule has 0 fully saturated rings. The molecule has 0 aliphatic carbocycles. The molecule has 0 radical (unpaired) electrons. The second-order valence-corrected chi connectivity index (χ2v) is 4.11. The van der Waals surface area contributed by atoms with E-state index in [0.29, 0.717) is 5.82 Å². The van der Waals surface area contributed by atoms with Crippen molar-refractivity contribution in [2.75, 3.05) is 12.4 Å². The first-order valence-electron chi connectivity index (χ1n) is 5.47. The Morgan fingerprint density at radius 2 is 2.15 bits per heavy atom. The summed E-state index contributed by atoms with van der Waals surface area (Å²) < 4.78 is 18.6. The van der Waals surface area contributed by atoms with Gasteiger partial charge in [0.15, 0.2) is 0 Å². The second kappa shape index (κ2) is 5.70. The summed E-state index contributed by atoms with van der Waals surface area (Å²) >= 11 is 5.55. The highest BCUT2D eigenvalue weighted by Gasteiger charge is 2.18. The first-order valence-corrected chi connectivity index (χ1v) is 5.85. The summed E-state index contributed by atoms with van der Waals surface area (Å²) in [7, 11) is 1.61. The van der Waals surface area contributed by atoms with E-state index >= 15 is 0 Å². The van der Waals surface area contributed by atoms with Crippen molar-refractivity contribution < 1.29 is 14.1 Å². The molecule has 0 unspecified atom stereocenters. The Morgan fingerprint density at radius 1 is 1.40 bits per heavy atom. The number of anilines is 1. The molecule has 2 aromatic rings. The molecular weight excluding hydrogens is 289 g/mol. The van der Waals surface area contributed by atoms with E-state index in [9.17, 15) is 14.5 Å². The lowest BCUT2D eigenvalue weighted by Gasteiger charge is -2.07. The van der Waals surface area contributed by atoms with E-state index in [0.717, 1.165) is 6.07 Å². The molecule has 6 nitrogen and oxygen atoms in total. The molecule has 0 saturated carbocycles. The third-order valence-electron chi connectivity index (χ3n) is 2.40. The first kappa shape index (κ1) is 14.0. The lowest BCUT2D eigenvalue weighted by molar-refractivity contribution is -0.386. The van der Waals surface area contributed by atoms with Crippen molar-refractivity contribution in [2.24, 2.45) is 0 Å². The quantitative estimate of drug-likeness (QED) is 0.689. The monoisotopic (exact) mass is 297 g/mol. The summed E-state index contributed by atoms with van der Waals surface area (Å²) in [4.78, 5) is 14.2. The van der Waals surface area contributed by atoms with Gasteiger partial charge in [0.25, 0.3) is 0 Å². The number of hydrogen-bond donors (Lipinski definition) is 1. The largest absolute Gasteiger partial charge is 0.434 e. The van der Waals surface area contributed by atoms with Crippen molar-refractivity contribution in [3.63, 3.8) is 0 Å². The number of nitrogens with zero attached hydrogens (tertiary/aromatic N) is 2. The van der Waals surface area contributed by atoms with Crippen LogP contribution in [0.15, 0.2) is 30.3 Å². The van der Waals surface area contributed by atoms with E-state index < -0.39 is 10.7 Å². The van der Waals surface area contributed by atoms with E-state index in [1.54, 1.807) is 7.05 Å². The van der Waals surface area contributed by atoms with Gasteiger partial charge in [-0.2, -0.15) is 4.98 Å². The molecule has 0 bridgehead atoms. The highest BCUT2D eigenvalue weighted by Crippen LogP contribution is 2.31. The van der Waals surface area contributed by atoms with E-state index in [2.05, 4.69) is 10.3 Å².